The van der Waals surface area contributed by atoms with Crippen LogP contribution in [0.15, 0.2) is 30.3 Å². The molecule has 0 aromatic heterocycles. The molecule has 0 saturated carbocycles. The van der Waals surface area contributed by atoms with Crippen LogP contribution in [-0.4, -0.2) is 99.5 Å². The average molecular weight is 486 g/mol. The molecule has 0 unspecified atom stereocenters. The maximum Gasteiger partial charge on any atom is 0.407 e. The summed E-state index contributed by atoms with van der Waals surface area (Å²) in [6, 6.07) is 6.94. The van der Waals surface area contributed by atoms with Crippen molar-refractivity contribution in [2.75, 3.05) is 19.8 Å². The monoisotopic (exact) mass is 486 g/mol. The molecule has 1 rings (SSSR count). The zero-order chi connectivity index (χ0) is 25.7. The number of ether oxygens (including phenoxy) is 2. The molecule has 0 spiro atoms. The van der Waals surface area contributed by atoms with Gasteiger partial charge in [0.25, 0.3) is 0 Å². The van der Waals surface area contributed by atoms with E-state index in [0.29, 0.717) is 5.56 Å². The minimum atomic E-state index is -2.07. The Labute approximate surface area is 195 Å². The van der Waals surface area contributed by atoms with Crippen molar-refractivity contribution in [3.8, 4) is 0 Å². The molecule has 7 N–H and O–H groups in total. The van der Waals surface area contributed by atoms with Gasteiger partial charge < -0.3 is 45.6 Å². The van der Waals surface area contributed by atoms with Crippen LogP contribution in [0.1, 0.15) is 18.9 Å². The molecular weight excluding hydrogens is 456 g/mol. The van der Waals surface area contributed by atoms with Crippen LogP contribution in [0.25, 0.3) is 0 Å². The number of benzene rings is 1. The van der Waals surface area contributed by atoms with Gasteiger partial charge in [-0.25, -0.2) is 9.59 Å². The van der Waals surface area contributed by atoms with Crippen molar-refractivity contribution in [1.82, 2.24) is 10.6 Å². The first-order valence-electron chi connectivity index (χ1n) is 10.4. The molecule has 190 valence electrons. The lowest BCUT2D eigenvalue weighted by Gasteiger charge is -2.32. The lowest BCUT2D eigenvalue weighted by atomic mass is 9.94. The van der Waals surface area contributed by atoms with Gasteiger partial charge in [0.2, 0.25) is 11.7 Å². The van der Waals surface area contributed by atoms with Crippen LogP contribution in [0, 0.1) is 0 Å². The second-order valence-corrected chi connectivity index (χ2v) is 7.15. The number of rotatable bonds is 14. The van der Waals surface area contributed by atoms with Crippen molar-refractivity contribution in [1.29, 1.82) is 0 Å². The molecule has 0 aliphatic heterocycles. The van der Waals surface area contributed by atoms with E-state index in [-0.39, 0.29) is 13.2 Å². The average Bonchev–Trinajstić information content (AvgIpc) is 2.83. The van der Waals surface area contributed by atoms with E-state index < -0.39 is 73.8 Å². The number of ketones is 1. The van der Waals surface area contributed by atoms with Crippen molar-refractivity contribution < 1.29 is 54.2 Å². The Morgan fingerprint density at radius 3 is 2.18 bits per heavy atom. The zero-order valence-electron chi connectivity index (χ0n) is 18.5. The predicted octanol–water partition coefficient (Wildman–Crippen LogP) is -2.64. The van der Waals surface area contributed by atoms with E-state index >= 15 is 0 Å². The number of aliphatic hydroxyl groups is 5. The Hall–Kier alpha value is -3.10. The quantitative estimate of drug-likeness (QED) is 0.107. The topological polar surface area (TPSA) is 212 Å². The number of Topliss-reactive ketones (excluding diaryl/α,β-unsaturated/α-hetero) is 1. The second kappa shape index (κ2) is 14.9. The number of aliphatic hydroxyl groups excluding tert-OH is 5. The summed E-state index contributed by atoms with van der Waals surface area (Å²) in [6.45, 7) is -0.328. The van der Waals surface area contributed by atoms with Crippen molar-refractivity contribution >= 4 is 23.8 Å². The third-order valence-corrected chi connectivity index (χ3v) is 4.54. The Morgan fingerprint density at radius 2 is 1.59 bits per heavy atom. The highest BCUT2D eigenvalue weighted by Gasteiger charge is 2.38. The van der Waals surface area contributed by atoms with E-state index in [1.165, 1.54) is 6.92 Å². The summed E-state index contributed by atoms with van der Waals surface area (Å²) in [6.07, 6.45) is -9.68. The largest absolute Gasteiger partial charge is 0.460 e. The second-order valence-electron chi connectivity index (χ2n) is 7.15. The molecule has 0 radical (unpaired) electrons. The van der Waals surface area contributed by atoms with Crippen molar-refractivity contribution in [3.63, 3.8) is 0 Å². The van der Waals surface area contributed by atoms with E-state index in [2.05, 4.69) is 15.4 Å². The summed E-state index contributed by atoms with van der Waals surface area (Å²) in [4.78, 5) is 47.4. The normalized spacial score (nSPS) is 15.2. The standard InChI is InChI=1S/C21H30N2O11/c1-2-33-20(31)14(26)8-13(25)17(19(30)18(29)15(27)10-24)23-16(28)9-22-21(32)34-11-12-6-4-3-5-7-12/h3-7,13,15,17-19,24-25,27,29-30H,2,8-11H2,1H3,(H,22,32)(H,23,28)/t13-,15+,17+,18+,19+/m0/s1. The minimum absolute atomic E-state index is 0.0600. The van der Waals surface area contributed by atoms with Gasteiger partial charge in [-0.3, -0.25) is 9.59 Å². The number of carbonyl (C=O) groups is 4. The summed E-state index contributed by atoms with van der Waals surface area (Å²) < 4.78 is 9.45. The Bertz CT molecular complexity index is 805. The first-order valence-corrected chi connectivity index (χ1v) is 10.4. The summed E-state index contributed by atoms with van der Waals surface area (Å²) in [5.41, 5.74) is 0.705. The lowest BCUT2D eigenvalue weighted by Crippen LogP contribution is -2.59. The molecule has 34 heavy (non-hydrogen) atoms. The summed E-state index contributed by atoms with van der Waals surface area (Å²) in [5.74, 6) is -3.38. The van der Waals surface area contributed by atoms with Crippen LogP contribution in [0.4, 0.5) is 4.79 Å². The molecule has 0 saturated heterocycles. The van der Waals surface area contributed by atoms with Gasteiger partial charge >= 0.3 is 12.1 Å². The Kier molecular flexibility index (Phi) is 12.7. The van der Waals surface area contributed by atoms with Gasteiger partial charge in [0.1, 0.15) is 31.5 Å². The molecule has 13 heteroatoms. The fourth-order valence-corrected chi connectivity index (χ4v) is 2.73. The maximum atomic E-state index is 12.3. The van der Waals surface area contributed by atoms with E-state index in [1.54, 1.807) is 30.3 Å². The lowest BCUT2D eigenvalue weighted by molar-refractivity contribution is -0.155. The maximum absolute atomic E-state index is 12.3. The first-order chi connectivity index (χ1) is 16.1. The zero-order valence-corrected chi connectivity index (χ0v) is 18.5. The number of hydrogen-bond acceptors (Lipinski definition) is 11. The highest BCUT2D eigenvalue weighted by atomic mass is 16.5. The smallest absolute Gasteiger partial charge is 0.407 e. The number of alkyl carbamates (subject to hydrolysis) is 1. The van der Waals surface area contributed by atoms with Gasteiger partial charge in [-0.2, -0.15) is 0 Å². The molecule has 13 nitrogen and oxygen atoms in total. The highest BCUT2D eigenvalue weighted by molar-refractivity contribution is 6.33. The fourth-order valence-electron chi connectivity index (χ4n) is 2.73. The van der Waals surface area contributed by atoms with Crippen LogP contribution in [-0.2, 0) is 30.5 Å². The molecule has 1 aromatic carbocycles. The van der Waals surface area contributed by atoms with Gasteiger partial charge in [0.05, 0.1) is 25.4 Å². The van der Waals surface area contributed by atoms with Gasteiger partial charge in [0.15, 0.2) is 0 Å². The number of esters is 1. The SMILES string of the molecule is CCOC(=O)C(=O)C[C@H](O)[C@@H](NC(=O)CNC(=O)OCc1ccccc1)[C@@H](O)[C@H](O)[C@H](O)CO. The molecule has 1 aromatic rings. The molecule has 2 amide bonds. The van der Waals surface area contributed by atoms with Crippen LogP contribution in [0.2, 0.25) is 0 Å². The van der Waals surface area contributed by atoms with Crippen molar-refractivity contribution in [2.24, 2.45) is 0 Å². The number of amides is 2. The molecule has 0 aliphatic carbocycles. The third kappa shape index (κ3) is 9.80. The third-order valence-electron chi connectivity index (χ3n) is 4.54. The number of nitrogens with one attached hydrogen (secondary N) is 2. The molecule has 0 fully saturated rings. The van der Waals surface area contributed by atoms with Crippen molar-refractivity contribution in [2.45, 2.75) is 50.4 Å². The molecule has 5 atom stereocenters. The van der Waals surface area contributed by atoms with Gasteiger partial charge in [-0.15, -0.1) is 0 Å². The van der Waals surface area contributed by atoms with E-state index in [4.69, 9.17) is 9.84 Å². The fraction of sp³-hybridized carbons (Fsp3) is 0.524. The summed E-state index contributed by atoms with van der Waals surface area (Å²) in [5, 5.41) is 53.4. The number of carbonyl (C=O) groups excluding carboxylic acids is 4. The van der Waals surface area contributed by atoms with E-state index in [0.717, 1.165) is 0 Å². The molecular formula is C21H30N2O11. The van der Waals surface area contributed by atoms with Crippen molar-refractivity contribution in [3.05, 3.63) is 35.9 Å². The molecule has 0 bridgehead atoms. The Balaban J connectivity index is 2.74. The molecule has 0 aliphatic rings. The van der Waals surface area contributed by atoms with Gasteiger partial charge in [0, 0.05) is 6.42 Å². The first kappa shape index (κ1) is 28.9. The summed E-state index contributed by atoms with van der Waals surface area (Å²) >= 11 is 0. The van der Waals surface area contributed by atoms with Crippen LogP contribution in [0.5, 0.6) is 0 Å². The van der Waals surface area contributed by atoms with Crippen LogP contribution in [0.3, 0.4) is 0 Å². The number of hydrogen-bond donors (Lipinski definition) is 7. The van der Waals surface area contributed by atoms with Gasteiger partial charge in [-0.05, 0) is 12.5 Å². The van der Waals surface area contributed by atoms with Gasteiger partial charge in [-0.1, -0.05) is 30.3 Å². The Morgan fingerprint density at radius 1 is 0.941 bits per heavy atom. The van der Waals surface area contributed by atoms with E-state index in [1.807, 2.05) is 0 Å². The van der Waals surface area contributed by atoms with Crippen LogP contribution >= 0.6 is 0 Å². The predicted molar refractivity (Wildman–Crippen MR) is 114 cm³/mol. The minimum Gasteiger partial charge on any atom is -0.460 e. The highest BCUT2D eigenvalue weighted by Crippen LogP contribution is 2.12. The van der Waals surface area contributed by atoms with E-state index in [9.17, 15) is 39.6 Å². The van der Waals surface area contributed by atoms with Crippen LogP contribution < -0.4 is 10.6 Å². The molecule has 0 heterocycles. The summed E-state index contributed by atoms with van der Waals surface area (Å²) in [7, 11) is 0.